The summed E-state index contributed by atoms with van der Waals surface area (Å²) in [5.41, 5.74) is 5.24. The lowest BCUT2D eigenvalue weighted by molar-refractivity contribution is -0.112. The molecule has 0 bridgehead atoms. The molecular weight excluding hydrogens is 394 g/mol. The molecule has 1 heterocycles. The van der Waals surface area contributed by atoms with Crippen molar-refractivity contribution in [2.24, 2.45) is 16.6 Å². The van der Waals surface area contributed by atoms with Crippen molar-refractivity contribution >= 4 is 55.4 Å². The minimum Gasteiger partial charge on any atom is -0.370 e. The van der Waals surface area contributed by atoms with Gasteiger partial charge in [0.25, 0.3) is 0 Å². The summed E-state index contributed by atoms with van der Waals surface area (Å²) in [5, 5.41) is 1.97. The zero-order valence-corrected chi connectivity index (χ0v) is 15.3. The van der Waals surface area contributed by atoms with E-state index in [4.69, 9.17) is 5.73 Å². The summed E-state index contributed by atoms with van der Waals surface area (Å²) < 4.78 is 1.87. The average Bonchev–Trinajstić information content (AvgIpc) is 2.69. The van der Waals surface area contributed by atoms with E-state index >= 15 is 0 Å². The maximum atomic E-state index is 11.2. The summed E-state index contributed by atoms with van der Waals surface area (Å²) in [7, 11) is 3.65. The number of thiophene rings is 1. The molecule has 19 heavy (non-hydrogen) atoms. The van der Waals surface area contributed by atoms with Gasteiger partial charge in [-0.3, -0.25) is 0 Å². The fraction of sp³-hybridized carbons (Fsp3) is 0.500. The zero-order chi connectivity index (χ0) is 14.8. The molecule has 0 aliphatic heterocycles. The van der Waals surface area contributed by atoms with Crippen LogP contribution >= 0.6 is 43.2 Å². The molecule has 0 amide bonds. The number of carbonyl (C=O) groups is 1. The van der Waals surface area contributed by atoms with Crippen LogP contribution in [0.2, 0.25) is 0 Å². The first-order valence-corrected chi connectivity index (χ1v) is 8.11. The number of halogens is 2. The molecule has 0 aliphatic rings. The van der Waals surface area contributed by atoms with Gasteiger partial charge in [-0.25, -0.2) is 4.99 Å². The number of hydrogen-bond acceptors (Lipinski definition) is 3. The summed E-state index contributed by atoms with van der Waals surface area (Å²) >= 11 is 8.54. The smallest absolute Gasteiger partial charge is 0.191 e. The molecule has 2 unspecified atom stereocenters. The minimum absolute atomic E-state index is 0.284. The van der Waals surface area contributed by atoms with Crippen LogP contribution in [0.3, 0.4) is 0 Å². The van der Waals surface area contributed by atoms with Gasteiger partial charge in [-0.15, -0.1) is 11.3 Å². The third kappa shape index (κ3) is 3.38. The maximum absolute atomic E-state index is 11.2. The molecule has 0 aromatic carbocycles. The number of carbonyl (C=O) groups excluding carboxylic acids is 1. The van der Waals surface area contributed by atoms with Gasteiger partial charge in [-0.2, -0.15) is 0 Å². The van der Waals surface area contributed by atoms with Crippen LogP contribution in [0.5, 0.6) is 0 Å². The Morgan fingerprint density at radius 2 is 2.16 bits per heavy atom. The summed E-state index contributed by atoms with van der Waals surface area (Å²) in [6, 6.07) is 0. The van der Waals surface area contributed by atoms with Crippen LogP contribution in [-0.2, 0) is 10.3 Å². The Balaban J connectivity index is 3.41. The third-order valence-corrected chi connectivity index (χ3v) is 6.80. The predicted molar refractivity (Wildman–Crippen MR) is 87.6 cm³/mol. The molecule has 0 saturated carbocycles. The number of aliphatic imine (C=N–C) groups is 1. The highest BCUT2D eigenvalue weighted by atomic mass is 79.9. The zero-order valence-electron chi connectivity index (χ0n) is 11.3. The van der Waals surface area contributed by atoms with Gasteiger partial charge in [0.15, 0.2) is 5.96 Å². The van der Waals surface area contributed by atoms with Gasteiger partial charge >= 0.3 is 0 Å². The van der Waals surface area contributed by atoms with E-state index in [1.165, 1.54) is 0 Å². The molecule has 1 aromatic heterocycles. The fourth-order valence-corrected chi connectivity index (χ4v) is 4.07. The summed E-state index contributed by atoms with van der Waals surface area (Å²) in [6.45, 7) is 3.77. The lowest BCUT2D eigenvalue weighted by atomic mass is 9.87. The number of hydrogen-bond donors (Lipinski definition) is 1. The van der Waals surface area contributed by atoms with E-state index in [1.807, 2.05) is 33.3 Å². The molecule has 0 fully saturated rings. The molecule has 4 nitrogen and oxygen atoms in total. The number of aldehydes is 1. The first kappa shape index (κ1) is 16.7. The Kier molecular flexibility index (Phi) is 5.58. The van der Waals surface area contributed by atoms with Crippen LogP contribution in [0.15, 0.2) is 19.3 Å². The molecule has 7 heteroatoms. The Bertz CT molecular complexity index is 501. The summed E-state index contributed by atoms with van der Waals surface area (Å²) in [6.07, 6.45) is 0.909. The molecule has 0 aliphatic carbocycles. The topological polar surface area (TPSA) is 58.7 Å². The minimum atomic E-state index is -0.689. The van der Waals surface area contributed by atoms with Crippen molar-refractivity contribution in [3.05, 3.63) is 19.2 Å². The third-order valence-electron chi connectivity index (χ3n) is 3.04. The standard InChI is InChI=1S/C12H17Br2N3OS/c1-7(5-18)12(2,16-11(15)17(3)4)10-9(14)8(13)6-19-10/h5-7H,1-4H3,(H2,15,16). The predicted octanol–water partition coefficient (Wildman–Crippen LogP) is 3.20. The van der Waals surface area contributed by atoms with Crippen molar-refractivity contribution in [1.29, 1.82) is 0 Å². The van der Waals surface area contributed by atoms with Crippen LogP contribution in [0.1, 0.15) is 18.7 Å². The van der Waals surface area contributed by atoms with Crippen molar-refractivity contribution in [3.63, 3.8) is 0 Å². The molecule has 1 aromatic rings. The van der Waals surface area contributed by atoms with E-state index in [1.54, 1.807) is 16.2 Å². The van der Waals surface area contributed by atoms with Crippen LogP contribution < -0.4 is 5.73 Å². The molecule has 2 N–H and O–H groups in total. The van der Waals surface area contributed by atoms with Crippen molar-refractivity contribution in [2.75, 3.05) is 14.1 Å². The second-order valence-corrected chi connectivity index (χ2v) is 7.19. The van der Waals surface area contributed by atoms with Crippen LogP contribution in [0.25, 0.3) is 0 Å². The average molecular weight is 411 g/mol. The monoisotopic (exact) mass is 409 g/mol. The van der Waals surface area contributed by atoms with Gasteiger partial charge in [0, 0.05) is 39.2 Å². The van der Waals surface area contributed by atoms with Gasteiger partial charge in [0.2, 0.25) is 0 Å². The maximum Gasteiger partial charge on any atom is 0.191 e. The number of nitrogens with zero attached hydrogens (tertiary/aromatic N) is 2. The molecular formula is C12H17Br2N3OS. The summed E-state index contributed by atoms with van der Waals surface area (Å²) in [4.78, 5) is 18.5. The second-order valence-electron chi connectivity index (χ2n) is 4.66. The van der Waals surface area contributed by atoms with Gasteiger partial charge < -0.3 is 15.4 Å². The van der Waals surface area contributed by atoms with E-state index in [2.05, 4.69) is 36.9 Å². The van der Waals surface area contributed by atoms with Gasteiger partial charge in [0.05, 0.1) is 0 Å². The van der Waals surface area contributed by atoms with E-state index in [-0.39, 0.29) is 5.92 Å². The quantitative estimate of drug-likeness (QED) is 0.471. The van der Waals surface area contributed by atoms with Crippen molar-refractivity contribution < 1.29 is 4.79 Å². The van der Waals surface area contributed by atoms with Crippen LogP contribution in [0.4, 0.5) is 0 Å². The first-order chi connectivity index (χ1) is 8.74. The highest BCUT2D eigenvalue weighted by Gasteiger charge is 2.37. The summed E-state index contributed by atoms with van der Waals surface area (Å²) in [5.74, 6) is 0.112. The Morgan fingerprint density at radius 3 is 2.53 bits per heavy atom. The van der Waals surface area contributed by atoms with E-state index in [0.29, 0.717) is 5.96 Å². The Labute approximate surface area is 134 Å². The lowest BCUT2D eigenvalue weighted by Crippen LogP contribution is -2.37. The molecule has 0 radical (unpaired) electrons. The SMILES string of the molecule is CC(C=O)C(C)(N=C(N)N(C)C)c1scc(Br)c1Br. The van der Waals surface area contributed by atoms with Crippen molar-refractivity contribution in [3.8, 4) is 0 Å². The van der Waals surface area contributed by atoms with Gasteiger partial charge in [0.1, 0.15) is 11.8 Å². The first-order valence-electron chi connectivity index (χ1n) is 5.65. The second kappa shape index (κ2) is 6.37. The Morgan fingerprint density at radius 1 is 1.58 bits per heavy atom. The molecule has 0 saturated heterocycles. The highest BCUT2D eigenvalue weighted by Crippen LogP contribution is 2.44. The van der Waals surface area contributed by atoms with Crippen LogP contribution in [0, 0.1) is 5.92 Å². The molecule has 0 spiro atoms. The Hall–Kier alpha value is -0.400. The number of guanidine groups is 1. The van der Waals surface area contributed by atoms with Gasteiger partial charge in [-0.1, -0.05) is 6.92 Å². The normalized spacial score (nSPS) is 16.8. The fourth-order valence-electron chi connectivity index (χ4n) is 1.49. The van der Waals surface area contributed by atoms with Gasteiger partial charge in [-0.05, 0) is 38.8 Å². The van der Waals surface area contributed by atoms with Crippen LogP contribution in [-0.4, -0.2) is 31.2 Å². The van der Waals surface area contributed by atoms with E-state index < -0.39 is 5.54 Å². The van der Waals surface area contributed by atoms with Crippen molar-refractivity contribution in [2.45, 2.75) is 19.4 Å². The number of nitrogens with two attached hydrogens (primary N) is 1. The molecule has 1 rings (SSSR count). The van der Waals surface area contributed by atoms with Crippen molar-refractivity contribution in [1.82, 2.24) is 4.90 Å². The number of rotatable bonds is 4. The van der Waals surface area contributed by atoms with E-state index in [0.717, 1.165) is 20.1 Å². The van der Waals surface area contributed by atoms with E-state index in [9.17, 15) is 4.79 Å². The molecule has 2 atom stereocenters. The largest absolute Gasteiger partial charge is 0.370 e. The lowest BCUT2D eigenvalue weighted by Gasteiger charge is -2.29. The highest BCUT2D eigenvalue weighted by molar-refractivity contribution is 9.13. The molecule has 106 valence electrons.